The second-order valence-electron chi connectivity index (χ2n) is 4.75. The van der Waals surface area contributed by atoms with E-state index in [4.69, 9.17) is 0 Å². The number of nitro benzene ring substituents is 1. The Morgan fingerprint density at radius 2 is 2.24 bits per heavy atom. The Labute approximate surface area is 121 Å². The Bertz CT molecular complexity index is 578. The fourth-order valence-electron chi connectivity index (χ4n) is 2.17. The first kappa shape index (κ1) is 14.8. The summed E-state index contributed by atoms with van der Waals surface area (Å²) in [6.07, 6.45) is 0.966. The molecule has 1 saturated heterocycles. The lowest BCUT2D eigenvalue weighted by Gasteiger charge is -2.24. The number of nitro groups is 1. The van der Waals surface area contributed by atoms with Crippen LogP contribution in [0.2, 0.25) is 0 Å². The average molecular weight is 292 g/mol. The number of hydrogen-bond donors (Lipinski definition) is 3. The predicted molar refractivity (Wildman–Crippen MR) is 76.1 cm³/mol. The largest absolute Gasteiger partial charge is 0.375 e. The molecule has 21 heavy (non-hydrogen) atoms. The molecule has 0 spiro atoms. The van der Waals surface area contributed by atoms with Crippen molar-refractivity contribution in [3.63, 3.8) is 0 Å². The van der Waals surface area contributed by atoms with Crippen molar-refractivity contribution in [2.24, 2.45) is 0 Å². The first-order valence-electron chi connectivity index (χ1n) is 6.55. The topological polar surface area (TPSA) is 113 Å². The number of hydrogen-bond acceptors (Lipinski definition) is 5. The summed E-state index contributed by atoms with van der Waals surface area (Å²) in [7, 11) is 1.49. The Kier molecular flexibility index (Phi) is 4.36. The highest BCUT2D eigenvalue weighted by atomic mass is 16.6. The van der Waals surface area contributed by atoms with Crippen molar-refractivity contribution in [3.05, 3.63) is 33.9 Å². The highest BCUT2D eigenvalue weighted by molar-refractivity contribution is 5.95. The van der Waals surface area contributed by atoms with Crippen LogP contribution in [0.3, 0.4) is 0 Å². The van der Waals surface area contributed by atoms with E-state index in [0.29, 0.717) is 24.9 Å². The first-order valence-corrected chi connectivity index (χ1v) is 6.55. The molecule has 0 bridgehead atoms. The standard InChI is InChI=1S/C13H16N4O4/c1-14-13(19)8-2-4-11(17(20)21)10(6-8)16-9-3-5-12(18)15-7-9/h2,4,6,9,16H,3,5,7H2,1H3,(H,14,19)(H,15,18). The van der Waals surface area contributed by atoms with Gasteiger partial charge in [-0.15, -0.1) is 0 Å². The summed E-state index contributed by atoms with van der Waals surface area (Å²) < 4.78 is 0. The number of amides is 2. The van der Waals surface area contributed by atoms with Crippen LogP contribution in [0.25, 0.3) is 0 Å². The van der Waals surface area contributed by atoms with Gasteiger partial charge in [-0.1, -0.05) is 0 Å². The maximum absolute atomic E-state index is 11.6. The van der Waals surface area contributed by atoms with Gasteiger partial charge in [-0.05, 0) is 18.6 Å². The Balaban J connectivity index is 2.24. The zero-order chi connectivity index (χ0) is 15.4. The van der Waals surface area contributed by atoms with Crippen molar-refractivity contribution in [2.45, 2.75) is 18.9 Å². The van der Waals surface area contributed by atoms with Gasteiger partial charge >= 0.3 is 0 Å². The highest BCUT2D eigenvalue weighted by Crippen LogP contribution is 2.27. The number of carbonyl (C=O) groups is 2. The van der Waals surface area contributed by atoms with E-state index in [1.807, 2.05) is 0 Å². The minimum Gasteiger partial charge on any atom is -0.375 e. The molecule has 1 aromatic rings. The Morgan fingerprint density at radius 3 is 2.81 bits per heavy atom. The summed E-state index contributed by atoms with van der Waals surface area (Å²) in [5, 5.41) is 19.3. The van der Waals surface area contributed by atoms with E-state index >= 15 is 0 Å². The van der Waals surface area contributed by atoms with E-state index < -0.39 is 4.92 Å². The number of piperidine rings is 1. The van der Waals surface area contributed by atoms with Gasteiger partial charge in [-0.3, -0.25) is 19.7 Å². The number of carbonyl (C=O) groups excluding carboxylic acids is 2. The predicted octanol–water partition coefficient (Wildman–Crippen LogP) is 0.645. The third-order valence-electron chi connectivity index (χ3n) is 3.31. The van der Waals surface area contributed by atoms with Gasteiger partial charge in [0.05, 0.1) is 4.92 Å². The van der Waals surface area contributed by atoms with E-state index in [9.17, 15) is 19.7 Å². The van der Waals surface area contributed by atoms with Crippen LogP contribution in [0, 0.1) is 10.1 Å². The zero-order valence-corrected chi connectivity index (χ0v) is 11.5. The molecular weight excluding hydrogens is 276 g/mol. The molecule has 1 aliphatic rings. The monoisotopic (exact) mass is 292 g/mol. The zero-order valence-electron chi connectivity index (χ0n) is 11.5. The minimum atomic E-state index is -0.503. The van der Waals surface area contributed by atoms with Gasteiger partial charge in [-0.2, -0.15) is 0 Å². The molecule has 1 fully saturated rings. The number of nitrogens with zero attached hydrogens (tertiary/aromatic N) is 1. The lowest BCUT2D eigenvalue weighted by molar-refractivity contribution is -0.384. The normalized spacial score (nSPS) is 17.8. The number of nitrogens with one attached hydrogen (secondary N) is 3. The maximum atomic E-state index is 11.6. The molecule has 1 atom stereocenters. The molecule has 8 heteroatoms. The van der Waals surface area contributed by atoms with Crippen LogP contribution in [-0.4, -0.2) is 36.4 Å². The van der Waals surface area contributed by atoms with Gasteiger partial charge in [-0.25, -0.2) is 0 Å². The SMILES string of the molecule is CNC(=O)c1ccc([N+](=O)[O-])c(NC2CCC(=O)NC2)c1. The molecule has 0 saturated carbocycles. The van der Waals surface area contributed by atoms with E-state index in [-0.39, 0.29) is 29.2 Å². The van der Waals surface area contributed by atoms with Gasteiger partial charge < -0.3 is 16.0 Å². The molecule has 0 radical (unpaired) electrons. The second kappa shape index (κ2) is 6.21. The fraction of sp³-hybridized carbons (Fsp3) is 0.385. The second-order valence-corrected chi connectivity index (χ2v) is 4.75. The van der Waals surface area contributed by atoms with Crippen molar-refractivity contribution in [1.29, 1.82) is 0 Å². The van der Waals surface area contributed by atoms with Crippen LogP contribution >= 0.6 is 0 Å². The summed E-state index contributed by atoms with van der Waals surface area (Å²) in [6.45, 7) is 0.403. The minimum absolute atomic E-state index is 0.0262. The molecule has 112 valence electrons. The van der Waals surface area contributed by atoms with E-state index in [1.54, 1.807) is 0 Å². The molecule has 1 aromatic carbocycles. The van der Waals surface area contributed by atoms with E-state index in [1.165, 1.54) is 25.2 Å². The quantitative estimate of drug-likeness (QED) is 0.557. The highest BCUT2D eigenvalue weighted by Gasteiger charge is 2.22. The van der Waals surface area contributed by atoms with Gasteiger partial charge in [0, 0.05) is 37.7 Å². The van der Waals surface area contributed by atoms with Crippen LogP contribution in [0.4, 0.5) is 11.4 Å². The molecule has 2 rings (SSSR count). The van der Waals surface area contributed by atoms with Crippen LogP contribution < -0.4 is 16.0 Å². The van der Waals surface area contributed by atoms with Crippen molar-refractivity contribution < 1.29 is 14.5 Å². The van der Waals surface area contributed by atoms with Gasteiger partial charge in [0.2, 0.25) is 5.91 Å². The Morgan fingerprint density at radius 1 is 1.48 bits per heavy atom. The summed E-state index contributed by atoms with van der Waals surface area (Å²) in [5.74, 6) is -0.341. The van der Waals surface area contributed by atoms with Crippen molar-refractivity contribution in [3.8, 4) is 0 Å². The van der Waals surface area contributed by atoms with Crippen molar-refractivity contribution >= 4 is 23.2 Å². The molecule has 1 unspecified atom stereocenters. The summed E-state index contributed by atoms with van der Waals surface area (Å²) in [4.78, 5) is 33.3. The van der Waals surface area contributed by atoms with Crippen LogP contribution in [0.5, 0.6) is 0 Å². The van der Waals surface area contributed by atoms with Crippen LogP contribution in [-0.2, 0) is 4.79 Å². The maximum Gasteiger partial charge on any atom is 0.292 e. The summed E-state index contributed by atoms with van der Waals surface area (Å²) in [6, 6.07) is 4.06. The van der Waals surface area contributed by atoms with Gasteiger partial charge in [0.25, 0.3) is 11.6 Å². The number of benzene rings is 1. The van der Waals surface area contributed by atoms with Gasteiger partial charge in [0.1, 0.15) is 5.69 Å². The van der Waals surface area contributed by atoms with Crippen molar-refractivity contribution in [2.75, 3.05) is 18.9 Å². The first-order chi connectivity index (χ1) is 10.0. The van der Waals surface area contributed by atoms with E-state index in [2.05, 4.69) is 16.0 Å². The van der Waals surface area contributed by atoms with Crippen LogP contribution in [0.1, 0.15) is 23.2 Å². The summed E-state index contributed by atoms with van der Waals surface area (Å²) in [5.41, 5.74) is 0.521. The molecule has 1 heterocycles. The fourth-order valence-corrected chi connectivity index (χ4v) is 2.17. The van der Waals surface area contributed by atoms with Crippen LogP contribution in [0.15, 0.2) is 18.2 Å². The molecule has 8 nitrogen and oxygen atoms in total. The molecule has 3 N–H and O–H groups in total. The molecular formula is C13H16N4O4. The lowest BCUT2D eigenvalue weighted by Crippen LogP contribution is -2.42. The molecule has 0 aromatic heterocycles. The number of anilines is 1. The lowest BCUT2D eigenvalue weighted by atomic mass is 10.1. The third-order valence-corrected chi connectivity index (χ3v) is 3.31. The summed E-state index contributed by atoms with van der Waals surface area (Å²) >= 11 is 0. The third kappa shape index (κ3) is 3.47. The Hall–Kier alpha value is -2.64. The number of rotatable bonds is 4. The van der Waals surface area contributed by atoms with Gasteiger partial charge in [0.15, 0.2) is 0 Å². The van der Waals surface area contributed by atoms with Crippen molar-refractivity contribution in [1.82, 2.24) is 10.6 Å². The smallest absolute Gasteiger partial charge is 0.292 e. The molecule has 0 aliphatic carbocycles. The molecule has 2 amide bonds. The average Bonchev–Trinajstić information content (AvgIpc) is 2.48. The molecule has 1 aliphatic heterocycles. The van der Waals surface area contributed by atoms with E-state index in [0.717, 1.165) is 0 Å².